The number of hydrogen-bond acceptors (Lipinski definition) is 7. The predicted molar refractivity (Wildman–Crippen MR) is 134 cm³/mol. The largest absolute Gasteiger partial charge is 0.380 e. The summed E-state index contributed by atoms with van der Waals surface area (Å²) in [5.74, 6) is 0.00611. The maximum Gasteiger partial charge on any atom is 0.228 e. The van der Waals surface area contributed by atoms with Crippen LogP contribution in [0.5, 0.6) is 0 Å². The third kappa shape index (κ3) is 4.73. The summed E-state index contributed by atoms with van der Waals surface area (Å²) in [7, 11) is 3.45. The number of likely N-dealkylation sites (tertiary alicyclic amines) is 1. The molecule has 3 heterocycles. The van der Waals surface area contributed by atoms with Gasteiger partial charge in [0.1, 0.15) is 5.60 Å². The van der Waals surface area contributed by atoms with Gasteiger partial charge in [-0.15, -0.1) is 0 Å². The van der Waals surface area contributed by atoms with Crippen molar-refractivity contribution >= 4 is 5.91 Å². The standard InChI is InChI=1S/C27H35N5O3/c1-18(2)20-7-9-22(10-8-20)27(34,26(4)16-31(5)17-26)23-13-21(14-28-15-23)25-29-24(35-30-25)11-12-32(6)19(3)33/h7-10,13-15,18,34H,11-12,16-17H2,1-6H3/t27-/m0/s1/i3D3. The van der Waals surface area contributed by atoms with Gasteiger partial charge in [-0.3, -0.25) is 9.78 Å². The number of carbonyl (C=O) groups excluding carboxylic acids is 1. The van der Waals surface area contributed by atoms with E-state index in [0.29, 0.717) is 36.0 Å². The first-order chi connectivity index (χ1) is 17.7. The Morgan fingerprint density at radius 1 is 1.29 bits per heavy atom. The van der Waals surface area contributed by atoms with Crippen molar-refractivity contribution in [2.24, 2.45) is 5.41 Å². The van der Waals surface area contributed by atoms with Crippen LogP contribution in [0.2, 0.25) is 0 Å². The molecule has 1 aliphatic heterocycles. The van der Waals surface area contributed by atoms with Crippen molar-refractivity contribution in [2.45, 2.75) is 45.6 Å². The highest BCUT2D eigenvalue weighted by Gasteiger charge is 2.55. The van der Waals surface area contributed by atoms with E-state index in [2.05, 4.69) is 52.9 Å². The van der Waals surface area contributed by atoms with E-state index >= 15 is 0 Å². The molecule has 0 spiro atoms. The van der Waals surface area contributed by atoms with E-state index in [1.54, 1.807) is 12.4 Å². The predicted octanol–water partition coefficient (Wildman–Crippen LogP) is 3.46. The van der Waals surface area contributed by atoms with Crippen LogP contribution >= 0.6 is 0 Å². The summed E-state index contributed by atoms with van der Waals surface area (Å²) in [6.45, 7) is 5.22. The number of nitrogens with zero attached hydrogens (tertiary/aromatic N) is 5. The molecule has 1 N–H and O–H groups in total. The van der Waals surface area contributed by atoms with Gasteiger partial charge in [0.2, 0.25) is 17.6 Å². The molecule has 1 aromatic carbocycles. The summed E-state index contributed by atoms with van der Waals surface area (Å²) in [6, 6.07) is 9.96. The Bertz CT molecular complexity index is 1290. The number of aliphatic hydroxyl groups is 1. The van der Waals surface area contributed by atoms with E-state index < -0.39 is 23.8 Å². The second kappa shape index (κ2) is 9.51. The molecule has 1 saturated heterocycles. The maximum absolute atomic E-state index is 12.4. The average molecular weight is 481 g/mol. The van der Waals surface area contributed by atoms with Gasteiger partial charge in [0.15, 0.2) is 0 Å². The molecule has 1 fully saturated rings. The van der Waals surface area contributed by atoms with Crippen LogP contribution in [0.15, 0.2) is 47.2 Å². The first-order valence-electron chi connectivity index (χ1n) is 13.3. The summed E-state index contributed by atoms with van der Waals surface area (Å²) >= 11 is 0. The molecule has 8 heteroatoms. The molecule has 1 amide bonds. The molecular formula is C27H35N5O3. The molecule has 35 heavy (non-hydrogen) atoms. The molecular weight excluding hydrogens is 442 g/mol. The molecule has 186 valence electrons. The van der Waals surface area contributed by atoms with Gasteiger partial charge in [-0.05, 0) is 30.2 Å². The van der Waals surface area contributed by atoms with Crippen molar-refractivity contribution in [3.8, 4) is 11.4 Å². The van der Waals surface area contributed by atoms with Gasteiger partial charge in [-0.1, -0.05) is 50.2 Å². The van der Waals surface area contributed by atoms with E-state index in [-0.39, 0.29) is 18.9 Å². The summed E-state index contributed by atoms with van der Waals surface area (Å²) < 4.78 is 27.1. The van der Waals surface area contributed by atoms with Crippen LogP contribution in [0.3, 0.4) is 0 Å². The normalized spacial score (nSPS) is 18.8. The minimum Gasteiger partial charge on any atom is -0.380 e. The van der Waals surface area contributed by atoms with E-state index in [1.807, 2.05) is 25.2 Å². The number of benzene rings is 1. The van der Waals surface area contributed by atoms with Crippen LogP contribution in [0.4, 0.5) is 0 Å². The van der Waals surface area contributed by atoms with Gasteiger partial charge in [0.05, 0.1) is 0 Å². The number of amides is 1. The zero-order valence-electron chi connectivity index (χ0n) is 23.9. The topological polar surface area (TPSA) is 95.6 Å². The van der Waals surface area contributed by atoms with Crippen LogP contribution in [0.1, 0.15) is 60.2 Å². The molecule has 3 aromatic rings. The molecule has 8 nitrogen and oxygen atoms in total. The summed E-state index contributed by atoms with van der Waals surface area (Å²) in [6.07, 6.45) is 3.49. The SMILES string of the molecule is [2H]C([2H])([2H])C(=O)N(C)CCc1nc(-c2cncc([C@@](O)(c3ccc(C(C)C)cc3)C3(C)CN(C)C3)c2)no1. The van der Waals surface area contributed by atoms with E-state index in [4.69, 9.17) is 8.64 Å². The first kappa shape index (κ1) is 21.2. The van der Waals surface area contributed by atoms with Crippen LogP contribution in [-0.2, 0) is 16.8 Å². The molecule has 4 rings (SSSR count). The van der Waals surface area contributed by atoms with Crippen molar-refractivity contribution in [3.63, 3.8) is 0 Å². The summed E-state index contributed by atoms with van der Waals surface area (Å²) in [4.78, 5) is 24.0. The fourth-order valence-corrected chi connectivity index (χ4v) is 4.95. The maximum atomic E-state index is 12.4. The van der Waals surface area contributed by atoms with Gasteiger partial charge in [-0.2, -0.15) is 4.98 Å². The van der Waals surface area contributed by atoms with Crippen molar-refractivity contribution < 1.29 is 18.5 Å². The third-order valence-electron chi connectivity index (χ3n) is 7.00. The highest BCUT2D eigenvalue weighted by molar-refractivity contribution is 5.72. The minimum atomic E-state index is -2.70. The third-order valence-corrected chi connectivity index (χ3v) is 7.00. The van der Waals surface area contributed by atoms with Crippen molar-refractivity contribution in [3.05, 3.63) is 65.3 Å². The van der Waals surface area contributed by atoms with Crippen LogP contribution in [-0.4, -0.2) is 69.7 Å². The van der Waals surface area contributed by atoms with Gasteiger partial charge < -0.3 is 19.4 Å². The number of aromatic nitrogens is 3. The Balaban J connectivity index is 1.62. The highest BCUT2D eigenvalue weighted by atomic mass is 16.5. The number of carbonyl (C=O) groups is 1. The lowest BCUT2D eigenvalue weighted by Crippen LogP contribution is -2.63. The lowest BCUT2D eigenvalue weighted by molar-refractivity contribution is -0.127. The fourth-order valence-electron chi connectivity index (χ4n) is 4.95. The molecule has 1 aliphatic rings. The highest BCUT2D eigenvalue weighted by Crippen LogP contribution is 2.50. The Labute approximate surface area is 211 Å². The smallest absolute Gasteiger partial charge is 0.228 e. The number of likely N-dealkylation sites (N-methyl/N-ethyl adjacent to an activating group) is 1. The molecule has 0 saturated carbocycles. The van der Waals surface area contributed by atoms with Gasteiger partial charge in [-0.25, -0.2) is 0 Å². The van der Waals surface area contributed by atoms with Crippen LogP contribution < -0.4 is 0 Å². The van der Waals surface area contributed by atoms with E-state index in [9.17, 15) is 9.90 Å². The Kier molecular flexibility index (Phi) is 5.76. The average Bonchev–Trinajstić information content (AvgIpc) is 3.34. The zero-order chi connectivity index (χ0) is 27.9. The molecule has 0 unspecified atom stereocenters. The van der Waals surface area contributed by atoms with Crippen molar-refractivity contribution in [1.82, 2.24) is 24.9 Å². The number of hydrogen-bond donors (Lipinski definition) is 1. The van der Waals surface area contributed by atoms with Gasteiger partial charge in [0, 0.05) is 73.0 Å². The minimum absolute atomic E-state index is 0.120. The van der Waals surface area contributed by atoms with Crippen LogP contribution in [0, 0.1) is 5.41 Å². The summed E-state index contributed by atoms with van der Waals surface area (Å²) in [5.41, 5.74) is 1.47. The Morgan fingerprint density at radius 2 is 2.00 bits per heavy atom. The fraction of sp³-hybridized carbons (Fsp3) is 0.481. The molecule has 0 bridgehead atoms. The number of pyridine rings is 1. The lowest BCUT2D eigenvalue weighted by Gasteiger charge is -2.55. The van der Waals surface area contributed by atoms with Gasteiger partial charge >= 0.3 is 0 Å². The van der Waals surface area contributed by atoms with Crippen LogP contribution in [0.25, 0.3) is 11.4 Å². The van der Waals surface area contributed by atoms with E-state index in [1.165, 1.54) is 12.6 Å². The second-order valence-corrected chi connectivity index (χ2v) is 10.2. The molecule has 1 atom stereocenters. The molecule has 2 aromatic heterocycles. The Morgan fingerprint density at radius 3 is 2.63 bits per heavy atom. The molecule has 0 radical (unpaired) electrons. The monoisotopic (exact) mass is 480 g/mol. The number of rotatable bonds is 8. The van der Waals surface area contributed by atoms with Gasteiger partial charge in [0.25, 0.3) is 0 Å². The first-order valence-corrected chi connectivity index (χ1v) is 11.8. The van der Waals surface area contributed by atoms with Crippen molar-refractivity contribution in [2.75, 3.05) is 33.7 Å². The van der Waals surface area contributed by atoms with Crippen molar-refractivity contribution in [1.29, 1.82) is 0 Å². The second-order valence-electron chi connectivity index (χ2n) is 10.2. The zero-order valence-corrected chi connectivity index (χ0v) is 20.9. The molecule has 0 aliphatic carbocycles. The lowest BCUT2D eigenvalue weighted by atomic mass is 9.62. The summed E-state index contributed by atoms with van der Waals surface area (Å²) in [5, 5.41) is 16.5. The Hall–Kier alpha value is -3.10. The van der Waals surface area contributed by atoms with E-state index in [0.717, 1.165) is 10.5 Å². The quantitative estimate of drug-likeness (QED) is 0.527.